The van der Waals surface area contributed by atoms with Crippen molar-refractivity contribution in [2.75, 3.05) is 0 Å². The van der Waals surface area contributed by atoms with Crippen LogP contribution in [0, 0.1) is 0 Å². The van der Waals surface area contributed by atoms with Gasteiger partial charge in [0.15, 0.2) is 0 Å². The fourth-order valence-electron chi connectivity index (χ4n) is 1.91. The summed E-state index contributed by atoms with van der Waals surface area (Å²) in [7, 11) is 0. The molecule has 2 aromatic rings. The molecule has 3 nitrogen and oxygen atoms in total. The van der Waals surface area contributed by atoms with Crippen LogP contribution >= 0.6 is 11.8 Å². The standard InChI is InChI=1S/C14H10O3S.Na/c15-13(16)8-9-4-3-7-12-14(9)17-10-5-1-2-6-11(10)18-12;/h1-7H,8H2,(H,15,16);. The van der Waals surface area contributed by atoms with E-state index in [1.807, 2.05) is 36.4 Å². The second-order valence-electron chi connectivity index (χ2n) is 3.97. The summed E-state index contributed by atoms with van der Waals surface area (Å²) in [6, 6.07) is 13.4. The summed E-state index contributed by atoms with van der Waals surface area (Å²) < 4.78 is 5.83. The monoisotopic (exact) mass is 281 g/mol. The molecule has 5 heteroatoms. The molecular weight excluding hydrogens is 271 g/mol. The van der Waals surface area contributed by atoms with Gasteiger partial charge in [-0.05, 0) is 18.2 Å². The van der Waals surface area contributed by atoms with E-state index in [1.165, 1.54) is 0 Å². The molecule has 1 aliphatic heterocycles. The van der Waals surface area contributed by atoms with Gasteiger partial charge in [-0.15, -0.1) is 0 Å². The van der Waals surface area contributed by atoms with Gasteiger partial charge in [-0.2, -0.15) is 0 Å². The number of carbonyl (C=O) groups is 1. The van der Waals surface area contributed by atoms with E-state index < -0.39 is 5.97 Å². The summed E-state index contributed by atoms with van der Waals surface area (Å²) in [5, 5.41) is 8.90. The Balaban J connectivity index is 0.00000133. The van der Waals surface area contributed by atoms with Crippen LogP contribution in [-0.4, -0.2) is 40.6 Å². The van der Waals surface area contributed by atoms with Gasteiger partial charge in [-0.25, -0.2) is 0 Å². The Kier molecular flexibility index (Phi) is 4.58. The number of carboxylic acids is 1. The van der Waals surface area contributed by atoms with Crippen molar-refractivity contribution in [2.45, 2.75) is 16.2 Å². The number of rotatable bonds is 2. The molecule has 0 unspecified atom stereocenters. The molecular formula is C14H10NaO3S. The van der Waals surface area contributed by atoms with E-state index in [0.29, 0.717) is 11.3 Å². The average molecular weight is 281 g/mol. The predicted molar refractivity (Wildman–Crippen MR) is 74.2 cm³/mol. The Bertz CT molecular complexity index is 628. The van der Waals surface area contributed by atoms with Crippen molar-refractivity contribution in [3.63, 3.8) is 0 Å². The van der Waals surface area contributed by atoms with Gasteiger partial charge in [-0.3, -0.25) is 4.79 Å². The number of ether oxygens (including phenoxy) is 1. The van der Waals surface area contributed by atoms with Gasteiger partial charge in [0, 0.05) is 35.1 Å². The van der Waals surface area contributed by atoms with Crippen LogP contribution in [0.2, 0.25) is 0 Å². The second kappa shape index (κ2) is 6.01. The Labute approximate surface area is 137 Å². The van der Waals surface area contributed by atoms with E-state index in [9.17, 15) is 4.79 Å². The molecule has 91 valence electrons. The quantitative estimate of drug-likeness (QED) is 0.733. The first kappa shape index (κ1) is 14.5. The molecule has 19 heavy (non-hydrogen) atoms. The van der Waals surface area contributed by atoms with E-state index in [4.69, 9.17) is 9.84 Å². The molecule has 1 heterocycles. The van der Waals surface area contributed by atoms with E-state index in [1.54, 1.807) is 17.8 Å². The number of benzene rings is 2. The van der Waals surface area contributed by atoms with Crippen molar-refractivity contribution in [3.8, 4) is 11.5 Å². The molecule has 0 saturated carbocycles. The molecule has 3 rings (SSSR count). The maximum absolute atomic E-state index is 10.8. The first-order valence-corrected chi connectivity index (χ1v) is 6.34. The minimum Gasteiger partial charge on any atom is -0.481 e. The Morgan fingerprint density at radius 1 is 1.11 bits per heavy atom. The fourth-order valence-corrected chi connectivity index (χ4v) is 2.91. The predicted octanol–water partition coefficient (Wildman–Crippen LogP) is 3.19. The summed E-state index contributed by atoms with van der Waals surface area (Å²) in [5.41, 5.74) is 0.710. The molecule has 0 aromatic heterocycles. The van der Waals surface area contributed by atoms with Gasteiger partial charge in [0.05, 0.1) is 16.2 Å². The second-order valence-corrected chi connectivity index (χ2v) is 5.05. The van der Waals surface area contributed by atoms with Gasteiger partial charge in [0.25, 0.3) is 0 Å². The van der Waals surface area contributed by atoms with Crippen LogP contribution in [0.4, 0.5) is 0 Å². The molecule has 2 aromatic carbocycles. The minimum atomic E-state index is -0.851. The van der Waals surface area contributed by atoms with Gasteiger partial charge in [0.1, 0.15) is 11.5 Å². The van der Waals surface area contributed by atoms with Crippen molar-refractivity contribution in [2.24, 2.45) is 0 Å². The van der Waals surface area contributed by atoms with Gasteiger partial charge >= 0.3 is 5.97 Å². The summed E-state index contributed by atoms with van der Waals surface area (Å²) in [6.45, 7) is 0. The van der Waals surface area contributed by atoms with Gasteiger partial charge in [-0.1, -0.05) is 36.0 Å². The van der Waals surface area contributed by atoms with Crippen LogP contribution in [0.1, 0.15) is 5.56 Å². The van der Waals surface area contributed by atoms with Crippen LogP contribution in [0.25, 0.3) is 0 Å². The van der Waals surface area contributed by atoms with Crippen LogP contribution in [0.3, 0.4) is 0 Å². The molecule has 0 atom stereocenters. The van der Waals surface area contributed by atoms with Crippen LogP contribution in [0.5, 0.6) is 11.5 Å². The van der Waals surface area contributed by atoms with Crippen molar-refractivity contribution >= 4 is 47.3 Å². The topological polar surface area (TPSA) is 46.5 Å². The molecule has 1 aliphatic rings. The zero-order chi connectivity index (χ0) is 12.5. The molecule has 1 N–H and O–H groups in total. The van der Waals surface area contributed by atoms with E-state index in [0.717, 1.165) is 15.5 Å². The third-order valence-corrected chi connectivity index (χ3v) is 3.78. The molecule has 0 saturated heterocycles. The Hall–Kier alpha value is -0.940. The number of para-hydroxylation sites is 2. The maximum Gasteiger partial charge on any atom is 0.307 e. The summed E-state index contributed by atoms with van der Waals surface area (Å²) in [4.78, 5) is 12.9. The summed E-state index contributed by atoms with van der Waals surface area (Å²) in [6.07, 6.45) is -0.0219. The van der Waals surface area contributed by atoms with E-state index in [2.05, 4.69) is 0 Å². The first-order chi connectivity index (χ1) is 8.74. The SMILES string of the molecule is O=C(O)Cc1cccc2c1Oc1ccccc1S2.[Na]. The summed E-state index contributed by atoms with van der Waals surface area (Å²) in [5.74, 6) is 0.604. The number of carboxylic acid groups (broad SMARTS) is 1. The molecule has 0 amide bonds. The van der Waals surface area contributed by atoms with Crippen LogP contribution in [-0.2, 0) is 11.2 Å². The van der Waals surface area contributed by atoms with Crippen LogP contribution < -0.4 is 4.74 Å². The minimum absolute atomic E-state index is 0. The van der Waals surface area contributed by atoms with E-state index >= 15 is 0 Å². The van der Waals surface area contributed by atoms with Crippen molar-refractivity contribution in [1.29, 1.82) is 0 Å². The van der Waals surface area contributed by atoms with Crippen molar-refractivity contribution < 1.29 is 14.6 Å². The molecule has 0 aliphatic carbocycles. The average Bonchev–Trinajstić information content (AvgIpc) is 2.36. The fraction of sp³-hybridized carbons (Fsp3) is 0.0714. The normalized spacial score (nSPS) is 11.6. The van der Waals surface area contributed by atoms with Gasteiger partial charge < -0.3 is 9.84 Å². The number of aliphatic carboxylic acids is 1. The van der Waals surface area contributed by atoms with Gasteiger partial charge in [0.2, 0.25) is 0 Å². The number of hydrogen-bond donors (Lipinski definition) is 1. The maximum atomic E-state index is 10.8. The number of fused-ring (bicyclic) bond motifs is 2. The Morgan fingerprint density at radius 2 is 1.84 bits per heavy atom. The summed E-state index contributed by atoms with van der Waals surface area (Å²) >= 11 is 1.61. The van der Waals surface area contributed by atoms with Crippen molar-refractivity contribution in [3.05, 3.63) is 48.0 Å². The molecule has 1 radical (unpaired) electrons. The number of hydrogen-bond acceptors (Lipinski definition) is 3. The van der Waals surface area contributed by atoms with Crippen LogP contribution in [0.15, 0.2) is 52.3 Å². The third-order valence-electron chi connectivity index (χ3n) is 2.68. The third kappa shape index (κ3) is 2.98. The Morgan fingerprint density at radius 3 is 2.63 bits per heavy atom. The smallest absolute Gasteiger partial charge is 0.307 e. The zero-order valence-electron chi connectivity index (χ0n) is 10.4. The van der Waals surface area contributed by atoms with Crippen molar-refractivity contribution in [1.82, 2.24) is 0 Å². The zero-order valence-corrected chi connectivity index (χ0v) is 13.2. The molecule has 0 fully saturated rings. The van der Waals surface area contributed by atoms with E-state index in [-0.39, 0.29) is 36.0 Å². The first-order valence-electron chi connectivity index (χ1n) is 5.52. The largest absolute Gasteiger partial charge is 0.481 e. The molecule has 0 spiro atoms. The molecule has 0 bridgehead atoms.